The molecule has 1 unspecified atom stereocenters. The zero-order valence-electron chi connectivity index (χ0n) is 8.27. The van der Waals surface area contributed by atoms with Crippen LogP contribution in [-0.2, 0) is 9.47 Å². The second-order valence-electron chi connectivity index (χ2n) is 3.46. The molecular weight excluding hydrogens is 176 g/mol. The summed E-state index contributed by atoms with van der Waals surface area (Å²) in [4.78, 5) is 0. The molecule has 74 valence electrons. The molecule has 1 heterocycles. The van der Waals surface area contributed by atoms with E-state index < -0.39 is 0 Å². The van der Waals surface area contributed by atoms with E-state index in [-0.39, 0.29) is 0 Å². The Bertz CT molecular complexity index is 312. The summed E-state index contributed by atoms with van der Waals surface area (Å²) in [5.74, 6) is 0. The molecule has 1 atom stereocenters. The molecule has 1 aromatic rings. The molecule has 0 bridgehead atoms. The van der Waals surface area contributed by atoms with E-state index in [1.165, 1.54) is 5.56 Å². The van der Waals surface area contributed by atoms with E-state index in [2.05, 4.69) is 12.1 Å². The Morgan fingerprint density at radius 1 is 1.50 bits per heavy atom. The lowest BCUT2D eigenvalue weighted by Crippen LogP contribution is -1.96. The fourth-order valence-electron chi connectivity index (χ4n) is 1.21. The normalized spacial score (nSPS) is 20.6. The highest BCUT2D eigenvalue weighted by atomic mass is 16.6. The maximum atomic E-state index is 5.39. The first-order valence-electron chi connectivity index (χ1n) is 4.81. The van der Waals surface area contributed by atoms with Crippen molar-refractivity contribution >= 4 is 5.57 Å². The van der Waals surface area contributed by atoms with Gasteiger partial charge >= 0.3 is 0 Å². The molecule has 1 aliphatic rings. The molecule has 0 N–H and O–H groups in total. The van der Waals surface area contributed by atoms with E-state index >= 15 is 0 Å². The molecule has 1 saturated heterocycles. The summed E-state index contributed by atoms with van der Waals surface area (Å²) < 4.78 is 10.4. The average Bonchev–Trinajstić information content (AvgIpc) is 3.03. The van der Waals surface area contributed by atoms with Crippen molar-refractivity contribution in [2.45, 2.75) is 13.0 Å². The molecule has 1 aliphatic heterocycles. The number of allylic oxidation sites excluding steroid dienone is 1. The minimum absolute atomic E-state index is 0.329. The summed E-state index contributed by atoms with van der Waals surface area (Å²) in [6.07, 6.45) is 2.13. The summed E-state index contributed by atoms with van der Waals surface area (Å²) >= 11 is 0. The highest BCUT2D eigenvalue weighted by Crippen LogP contribution is 2.14. The third-order valence-electron chi connectivity index (χ3n) is 2.17. The monoisotopic (exact) mass is 190 g/mol. The second kappa shape index (κ2) is 4.29. The third kappa shape index (κ3) is 2.60. The van der Waals surface area contributed by atoms with Gasteiger partial charge in [-0.15, -0.1) is 0 Å². The van der Waals surface area contributed by atoms with Crippen molar-refractivity contribution in [1.29, 1.82) is 0 Å². The van der Waals surface area contributed by atoms with Gasteiger partial charge in [-0.1, -0.05) is 30.3 Å². The number of hydrogen-bond acceptors (Lipinski definition) is 2. The van der Waals surface area contributed by atoms with Crippen molar-refractivity contribution in [3.05, 3.63) is 42.2 Å². The molecule has 0 amide bonds. The van der Waals surface area contributed by atoms with Gasteiger partial charge in [-0.05, 0) is 18.1 Å². The van der Waals surface area contributed by atoms with Gasteiger partial charge in [-0.2, -0.15) is 0 Å². The average molecular weight is 190 g/mol. The van der Waals surface area contributed by atoms with E-state index in [1.807, 2.05) is 25.1 Å². The molecule has 2 rings (SSSR count). The smallest absolute Gasteiger partial charge is 0.116 e. The van der Waals surface area contributed by atoms with Crippen LogP contribution >= 0.6 is 0 Å². The van der Waals surface area contributed by atoms with Crippen LogP contribution in [0.1, 0.15) is 12.5 Å². The molecule has 0 aromatic heterocycles. The number of hydrogen-bond donors (Lipinski definition) is 0. The van der Waals surface area contributed by atoms with Crippen molar-refractivity contribution in [3.8, 4) is 0 Å². The minimum Gasteiger partial charge on any atom is -0.498 e. The minimum atomic E-state index is 0.329. The highest BCUT2D eigenvalue weighted by Gasteiger charge is 2.22. The number of benzene rings is 1. The van der Waals surface area contributed by atoms with Crippen LogP contribution in [0.25, 0.3) is 5.57 Å². The molecule has 14 heavy (non-hydrogen) atoms. The maximum Gasteiger partial charge on any atom is 0.116 e. The summed E-state index contributed by atoms with van der Waals surface area (Å²) in [6.45, 7) is 3.56. The molecule has 2 heteroatoms. The van der Waals surface area contributed by atoms with Crippen molar-refractivity contribution < 1.29 is 9.47 Å². The van der Waals surface area contributed by atoms with Crippen LogP contribution in [0.15, 0.2) is 36.6 Å². The number of rotatable bonds is 4. The van der Waals surface area contributed by atoms with Crippen molar-refractivity contribution in [2.24, 2.45) is 0 Å². The topological polar surface area (TPSA) is 21.8 Å². The molecule has 1 aromatic carbocycles. The van der Waals surface area contributed by atoms with E-state index in [0.717, 1.165) is 12.2 Å². The van der Waals surface area contributed by atoms with Crippen molar-refractivity contribution in [1.82, 2.24) is 0 Å². The molecule has 2 nitrogen and oxygen atoms in total. The Hall–Kier alpha value is -1.28. The van der Waals surface area contributed by atoms with Crippen LogP contribution in [0.4, 0.5) is 0 Å². The van der Waals surface area contributed by atoms with Gasteiger partial charge in [-0.3, -0.25) is 0 Å². The number of ether oxygens (including phenoxy) is 2. The van der Waals surface area contributed by atoms with E-state index in [1.54, 1.807) is 6.26 Å². The van der Waals surface area contributed by atoms with Gasteiger partial charge in [-0.25, -0.2) is 0 Å². The molecule has 0 aliphatic carbocycles. The SMILES string of the molecule is CC(=COCC1CO1)c1ccccc1. The maximum absolute atomic E-state index is 5.39. The first kappa shape index (κ1) is 9.28. The summed E-state index contributed by atoms with van der Waals surface area (Å²) in [7, 11) is 0. The van der Waals surface area contributed by atoms with Crippen LogP contribution < -0.4 is 0 Å². The molecule has 0 spiro atoms. The lowest BCUT2D eigenvalue weighted by atomic mass is 10.1. The first-order valence-corrected chi connectivity index (χ1v) is 4.81. The predicted octanol–water partition coefficient (Wildman–Crippen LogP) is 2.46. The van der Waals surface area contributed by atoms with Crippen molar-refractivity contribution in [3.63, 3.8) is 0 Å². The van der Waals surface area contributed by atoms with Gasteiger partial charge in [0.15, 0.2) is 0 Å². The van der Waals surface area contributed by atoms with Gasteiger partial charge in [0.25, 0.3) is 0 Å². The zero-order chi connectivity index (χ0) is 9.80. The quantitative estimate of drug-likeness (QED) is 0.537. The largest absolute Gasteiger partial charge is 0.498 e. The van der Waals surface area contributed by atoms with Crippen LogP contribution in [0.5, 0.6) is 0 Å². The Labute approximate surface area is 84.2 Å². The molecular formula is C12H14O2. The van der Waals surface area contributed by atoms with E-state index in [4.69, 9.17) is 9.47 Å². The van der Waals surface area contributed by atoms with Gasteiger partial charge in [0.1, 0.15) is 12.7 Å². The summed E-state index contributed by atoms with van der Waals surface area (Å²) in [6, 6.07) is 10.2. The first-order chi connectivity index (χ1) is 6.86. The molecule has 1 fully saturated rings. The van der Waals surface area contributed by atoms with Gasteiger partial charge in [0.2, 0.25) is 0 Å². The Morgan fingerprint density at radius 3 is 2.86 bits per heavy atom. The van der Waals surface area contributed by atoms with Crippen molar-refractivity contribution in [2.75, 3.05) is 13.2 Å². The second-order valence-corrected chi connectivity index (χ2v) is 3.46. The summed E-state index contributed by atoms with van der Waals surface area (Å²) in [5.41, 5.74) is 2.34. The number of epoxide rings is 1. The van der Waals surface area contributed by atoms with Gasteiger partial charge in [0, 0.05) is 0 Å². The fraction of sp³-hybridized carbons (Fsp3) is 0.333. The van der Waals surface area contributed by atoms with Crippen LogP contribution in [0, 0.1) is 0 Å². The summed E-state index contributed by atoms with van der Waals surface area (Å²) in [5, 5.41) is 0. The lowest BCUT2D eigenvalue weighted by molar-refractivity contribution is 0.213. The highest BCUT2D eigenvalue weighted by molar-refractivity contribution is 5.62. The van der Waals surface area contributed by atoms with Gasteiger partial charge < -0.3 is 9.47 Å². The predicted molar refractivity (Wildman–Crippen MR) is 55.8 cm³/mol. The van der Waals surface area contributed by atoms with E-state index in [0.29, 0.717) is 12.7 Å². The van der Waals surface area contributed by atoms with E-state index in [9.17, 15) is 0 Å². The van der Waals surface area contributed by atoms with Crippen LogP contribution in [0.2, 0.25) is 0 Å². The molecule has 0 radical (unpaired) electrons. The molecule has 0 saturated carbocycles. The van der Waals surface area contributed by atoms with Gasteiger partial charge in [0.05, 0.1) is 12.9 Å². The Morgan fingerprint density at radius 2 is 2.21 bits per heavy atom. The van der Waals surface area contributed by atoms with Crippen LogP contribution in [0.3, 0.4) is 0 Å². The lowest BCUT2D eigenvalue weighted by Gasteiger charge is -2.02. The standard InChI is InChI=1S/C12H14O2/c1-10(7-13-8-12-9-14-12)11-5-3-2-4-6-11/h2-7,12H,8-9H2,1H3. The third-order valence-corrected chi connectivity index (χ3v) is 2.17. The fourth-order valence-corrected chi connectivity index (χ4v) is 1.21. The Kier molecular flexibility index (Phi) is 2.84. The van der Waals surface area contributed by atoms with Crippen LogP contribution in [-0.4, -0.2) is 19.3 Å². The zero-order valence-corrected chi connectivity index (χ0v) is 8.27. The Balaban J connectivity index is 1.89.